The number of rotatable bonds is 5. The Balaban J connectivity index is 1.68. The van der Waals surface area contributed by atoms with Crippen LogP contribution in [0.3, 0.4) is 0 Å². The number of nitrogens with zero attached hydrogens (tertiary/aromatic N) is 1. The molecule has 1 aromatic heterocycles. The monoisotopic (exact) mass is 381 g/mol. The predicted octanol–water partition coefficient (Wildman–Crippen LogP) is 3.63. The highest BCUT2D eigenvalue weighted by Crippen LogP contribution is 2.20. The molecule has 0 spiro atoms. The Labute approximate surface area is 162 Å². The van der Waals surface area contributed by atoms with Gasteiger partial charge in [0.1, 0.15) is 6.04 Å². The van der Waals surface area contributed by atoms with E-state index in [1.54, 1.807) is 32.0 Å². The summed E-state index contributed by atoms with van der Waals surface area (Å²) in [5.74, 6) is -0.592. The highest BCUT2D eigenvalue weighted by atomic mass is 35.5. The number of benzene rings is 2. The van der Waals surface area contributed by atoms with Crippen molar-refractivity contribution in [1.29, 1.82) is 0 Å². The van der Waals surface area contributed by atoms with Crippen LogP contribution in [0.25, 0.3) is 10.9 Å². The lowest BCUT2D eigenvalue weighted by Crippen LogP contribution is -2.44. The first-order valence-electron chi connectivity index (χ1n) is 8.63. The number of carbonyl (C=O) groups is 2. The molecule has 0 aliphatic heterocycles. The van der Waals surface area contributed by atoms with Gasteiger partial charge in [-0.2, -0.15) is 0 Å². The Hall–Kier alpha value is -2.92. The van der Waals surface area contributed by atoms with Gasteiger partial charge in [-0.05, 0) is 43.7 Å². The normalized spacial score (nSPS) is 11.8. The fraction of sp³-hybridized carbons (Fsp3) is 0.190. The number of nitrogens with one attached hydrogen (secondary N) is 2. The van der Waals surface area contributed by atoms with E-state index in [0.717, 1.165) is 16.5 Å². The van der Waals surface area contributed by atoms with Gasteiger partial charge in [-0.25, -0.2) is 0 Å². The van der Waals surface area contributed by atoms with Crippen LogP contribution >= 0.6 is 11.6 Å². The van der Waals surface area contributed by atoms with Crippen molar-refractivity contribution in [2.75, 3.05) is 0 Å². The van der Waals surface area contributed by atoms with E-state index in [1.807, 2.05) is 36.4 Å². The average Bonchev–Trinajstić information content (AvgIpc) is 2.66. The highest BCUT2D eigenvalue weighted by molar-refractivity contribution is 6.31. The molecule has 1 atom stereocenters. The van der Waals surface area contributed by atoms with E-state index in [2.05, 4.69) is 15.6 Å². The van der Waals surface area contributed by atoms with Crippen LogP contribution in [0.1, 0.15) is 28.5 Å². The summed E-state index contributed by atoms with van der Waals surface area (Å²) in [6.45, 7) is 3.83. The summed E-state index contributed by atoms with van der Waals surface area (Å²) >= 11 is 6.02. The van der Waals surface area contributed by atoms with Gasteiger partial charge in [-0.3, -0.25) is 14.6 Å². The number of halogens is 1. The molecule has 3 aromatic rings. The van der Waals surface area contributed by atoms with Gasteiger partial charge in [0, 0.05) is 17.0 Å². The summed E-state index contributed by atoms with van der Waals surface area (Å²) < 4.78 is 0. The van der Waals surface area contributed by atoms with E-state index >= 15 is 0 Å². The topological polar surface area (TPSA) is 71.1 Å². The molecule has 0 bridgehead atoms. The second-order valence-electron chi connectivity index (χ2n) is 6.36. The first-order chi connectivity index (χ1) is 12.9. The van der Waals surface area contributed by atoms with E-state index < -0.39 is 6.04 Å². The standard InChI is InChI=1S/C21H20ClN3O2/c1-13-18(11-16-10-17(22)8-9-19(16)24-13)21(27)25-14(2)20(26)23-12-15-6-4-3-5-7-15/h3-11,14H,12H2,1-2H3,(H,23,26)(H,25,27). The molecule has 0 aliphatic carbocycles. The number of carbonyl (C=O) groups excluding carboxylic acids is 2. The summed E-state index contributed by atoms with van der Waals surface area (Å²) in [5.41, 5.74) is 2.78. The minimum Gasteiger partial charge on any atom is -0.350 e. The molecular weight excluding hydrogens is 362 g/mol. The molecule has 138 valence electrons. The summed E-state index contributed by atoms with van der Waals surface area (Å²) in [6, 6.07) is 16.0. The number of aromatic nitrogens is 1. The van der Waals surface area contributed by atoms with Crippen molar-refractivity contribution in [2.24, 2.45) is 0 Å². The van der Waals surface area contributed by atoms with Gasteiger partial charge in [0.25, 0.3) is 5.91 Å². The molecule has 0 saturated carbocycles. The Morgan fingerprint density at radius 2 is 1.85 bits per heavy atom. The molecule has 2 amide bonds. The third-order valence-corrected chi connectivity index (χ3v) is 4.50. The molecule has 2 N–H and O–H groups in total. The second-order valence-corrected chi connectivity index (χ2v) is 6.79. The van der Waals surface area contributed by atoms with Gasteiger partial charge >= 0.3 is 0 Å². The number of hydrogen-bond acceptors (Lipinski definition) is 3. The van der Waals surface area contributed by atoms with Crippen molar-refractivity contribution in [3.05, 3.63) is 76.4 Å². The Bertz CT molecular complexity index is 989. The first kappa shape index (κ1) is 18.9. The van der Waals surface area contributed by atoms with E-state index in [0.29, 0.717) is 22.8 Å². The van der Waals surface area contributed by atoms with Crippen molar-refractivity contribution in [3.63, 3.8) is 0 Å². The lowest BCUT2D eigenvalue weighted by molar-refractivity contribution is -0.122. The number of pyridine rings is 1. The zero-order valence-electron chi connectivity index (χ0n) is 15.1. The van der Waals surface area contributed by atoms with E-state index in [-0.39, 0.29) is 11.8 Å². The molecule has 5 nitrogen and oxygen atoms in total. The SMILES string of the molecule is Cc1nc2ccc(Cl)cc2cc1C(=O)NC(C)C(=O)NCc1ccccc1. The fourth-order valence-electron chi connectivity index (χ4n) is 2.75. The Morgan fingerprint density at radius 3 is 2.59 bits per heavy atom. The maximum Gasteiger partial charge on any atom is 0.253 e. The summed E-state index contributed by atoms with van der Waals surface area (Å²) in [4.78, 5) is 29.3. The van der Waals surface area contributed by atoms with Crippen molar-refractivity contribution in [3.8, 4) is 0 Å². The van der Waals surface area contributed by atoms with Crippen LogP contribution in [0.15, 0.2) is 54.6 Å². The number of aryl methyl sites for hydroxylation is 1. The van der Waals surface area contributed by atoms with Crippen LogP contribution < -0.4 is 10.6 Å². The van der Waals surface area contributed by atoms with Crippen molar-refractivity contribution in [2.45, 2.75) is 26.4 Å². The smallest absolute Gasteiger partial charge is 0.253 e. The number of hydrogen-bond donors (Lipinski definition) is 2. The molecule has 1 heterocycles. The summed E-state index contributed by atoms with van der Waals surface area (Å²) in [7, 11) is 0. The maximum absolute atomic E-state index is 12.6. The molecule has 0 aliphatic rings. The fourth-order valence-corrected chi connectivity index (χ4v) is 2.93. The lowest BCUT2D eigenvalue weighted by atomic mass is 10.1. The molecule has 0 fully saturated rings. The predicted molar refractivity (Wildman–Crippen MR) is 107 cm³/mol. The quantitative estimate of drug-likeness (QED) is 0.708. The van der Waals surface area contributed by atoms with E-state index in [9.17, 15) is 9.59 Å². The highest BCUT2D eigenvalue weighted by Gasteiger charge is 2.18. The molecule has 6 heteroatoms. The summed E-state index contributed by atoms with van der Waals surface area (Å²) in [6.07, 6.45) is 0. The Kier molecular flexibility index (Phi) is 5.72. The average molecular weight is 382 g/mol. The van der Waals surface area contributed by atoms with Crippen LogP contribution in [-0.4, -0.2) is 22.8 Å². The van der Waals surface area contributed by atoms with Gasteiger partial charge in [0.2, 0.25) is 5.91 Å². The van der Waals surface area contributed by atoms with Crippen LogP contribution in [0.4, 0.5) is 0 Å². The molecule has 2 aromatic carbocycles. The molecule has 0 saturated heterocycles. The van der Waals surface area contributed by atoms with Gasteiger partial charge in [-0.15, -0.1) is 0 Å². The second kappa shape index (κ2) is 8.18. The Morgan fingerprint density at radius 1 is 1.11 bits per heavy atom. The molecule has 0 radical (unpaired) electrons. The first-order valence-corrected chi connectivity index (χ1v) is 9.01. The lowest BCUT2D eigenvalue weighted by Gasteiger charge is -2.15. The van der Waals surface area contributed by atoms with E-state index in [4.69, 9.17) is 11.6 Å². The molecular formula is C21H20ClN3O2. The minimum absolute atomic E-state index is 0.248. The third-order valence-electron chi connectivity index (χ3n) is 4.26. The largest absolute Gasteiger partial charge is 0.350 e. The molecule has 3 rings (SSSR count). The summed E-state index contributed by atoms with van der Waals surface area (Å²) in [5, 5.41) is 6.90. The third kappa shape index (κ3) is 4.63. The van der Waals surface area contributed by atoms with Gasteiger partial charge in [0.15, 0.2) is 0 Å². The number of amides is 2. The van der Waals surface area contributed by atoms with Gasteiger partial charge in [0.05, 0.1) is 16.8 Å². The number of fused-ring (bicyclic) bond motifs is 1. The van der Waals surface area contributed by atoms with Gasteiger partial charge < -0.3 is 10.6 Å². The van der Waals surface area contributed by atoms with Crippen LogP contribution in [0.5, 0.6) is 0 Å². The zero-order valence-corrected chi connectivity index (χ0v) is 15.9. The molecule has 1 unspecified atom stereocenters. The van der Waals surface area contributed by atoms with E-state index in [1.165, 1.54) is 0 Å². The van der Waals surface area contributed by atoms with Crippen LogP contribution in [-0.2, 0) is 11.3 Å². The maximum atomic E-state index is 12.6. The molecule has 27 heavy (non-hydrogen) atoms. The van der Waals surface area contributed by atoms with Crippen molar-refractivity contribution >= 4 is 34.3 Å². The van der Waals surface area contributed by atoms with Crippen LogP contribution in [0, 0.1) is 6.92 Å². The van der Waals surface area contributed by atoms with Crippen LogP contribution in [0.2, 0.25) is 5.02 Å². The van der Waals surface area contributed by atoms with Gasteiger partial charge in [-0.1, -0.05) is 41.9 Å². The van der Waals surface area contributed by atoms with Crippen molar-refractivity contribution in [1.82, 2.24) is 15.6 Å². The minimum atomic E-state index is -0.671. The van der Waals surface area contributed by atoms with Crippen molar-refractivity contribution < 1.29 is 9.59 Å². The zero-order chi connectivity index (χ0) is 19.4.